The SMILES string of the molecule is CC(C)(C)Cc1cc(-c2[c-]cccc2)nc[c]1[Ge]([CH3])([CH3])[CH3].Cc1nccc2c1nc(-c1[c-]c3oc4ccccc4c3c(C)c1)n2-c1ccccc1-c1ccccc1.[Ir]. The van der Waals surface area contributed by atoms with E-state index in [4.69, 9.17) is 14.4 Å². The van der Waals surface area contributed by atoms with Crippen molar-refractivity contribution in [2.24, 2.45) is 5.41 Å². The molecule has 0 amide bonds. The molecule has 0 saturated carbocycles. The number of furan rings is 1. The number of hydrogen-bond donors (Lipinski definition) is 0. The average molecular weight is 998 g/mol. The molecule has 9 aromatic rings. The zero-order valence-corrected chi connectivity index (χ0v) is 38.9. The maximum atomic E-state index is 6.23. The third kappa shape index (κ3) is 8.38. The number of para-hydroxylation sites is 2. The van der Waals surface area contributed by atoms with Crippen molar-refractivity contribution in [1.82, 2.24) is 19.5 Å². The molecule has 0 saturated heterocycles. The zero-order valence-electron chi connectivity index (χ0n) is 34.4. The van der Waals surface area contributed by atoms with Crippen LogP contribution in [0.15, 0.2) is 138 Å². The topological polar surface area (TPSA) is 56.7 Å². The van der Waals surface area contributed by atoms with Crippen LogP contribution in [0.4, 0.5) is 0 Å². The molecule has 5 nitrogen and oxygen atoms in total. The van der Waals surface area contributed by atoms with Crippen molar-refractivity contribution in [2.45, 2.75) is 58.3 Å². The summed E-state index contributed by atoms with van der Waals surface area (Å²) in [6, 6.07) is 48.5. The van der Waals surface area contributed by atoms with E-state index in [1.165, 1.54) is 9.96 Å². The first-order valence-electron chi connectivity index (χ1n) is 19.7. The first-order valence-corrected chi connectivity index (χ1v) is 27.0. The van der Waals surface area contributed by atoms with Crippen LogP contribution >= 0.6 is 0 Å². The minimum atomic E-state index is -1.90. The molecule has 9 rings (SSSR count). The van der Waals surface area contributed by atoms with E-state index in [0.29, 0.717) is 5.41 Å². The van der Waals surface area contributed by atoms with Gasteiger partial charge in [0.25, 0.3) is 0 Å². The second kappa shape index (κ2) is 16.6. The smallest absolute Gasteiger partial charge is 0.123 e. The molecular formula is C51H48GeIrN4O-2. The Balaban J connectivity index is 0.000000200. The fourth-order valence-electron chi connectivity index (χ4n) is 7.77. The van der Waals surface area contributed by atoms with Crippen LogP contribution in [0.5, 0.6) is 0 Å². The number of fused-ring (bicyclic) bond motifs is 4. The van der Waals surface area contributed by atoms with Crippen LogP contribution in [-0.4, -0.2) is 32.8 Å². The molecule has 1 radical (unpaired) electrons. The van der Waals surface area contributed by atoms with Crippen LogP contribution in [-0.2, 0) is 26.5 Å². The van der Waals surface area contributed by atoms with Gasteiger partial charge in [0.05, 0.1) is 28.1 Å². The Morgan fingerprint density at radius 2 is 1.50 bits per heavy atom. The monoisotopic (exact) mass is 999 g/mol. The van der Waals surface area contributed by atoms with E-state index in [9.17, 15) is 0 Å². The first-order chi connectivity index (χ1) is 27.4. The van der Waals surface area contributed by atoms with E-state index in [1.807, 2.05) is 61.7 Å². The zero-order chi connectivity index (χ0) is 39.9. The maximum absolute atomic E-state index is 6.23. The molecule has 0 aliphatic carbocycles. The molecule has 293 valence electrons. The summed E-state index contributed by atoms with van der Waals surface area (Å²) < 4.78 is 9.99. The Hall–Kier alpha value is -5.14. The van der Waals surface area contributed by atoms with Gasteiger partial charge in [0, 0.05) is 37.6 Å². The van der Waals surface area contributed by atoms with Gasteiger partial charge in [0.2, 0.25) is 0 Å². The molecule has 0 fully saturated rings. The number of aromatic nitrogens is 4. The van der Waals surface area contributed by atoms with E-state index >= 15 is 0 Å². The third-order valence-corrected chi connectivity index (χ3v) is 14.7. The van der Waals surface area contributed by atoms with Gasteiger partial charge < -0.3 is 8.98 Å². The van der Waals surface area contributed by atoms with E-state index in [0.717, 1.165) is 90.1 Å². The van der Waals surface area contributed by atoms with Gasteiger partial charge in [-0.1, -0.05) is 85.1 Å². The molecule has 0 unspecified atom stereocenters. The van der Waals surface area contributed by atoms with Crippen LogP contribution in [0.3, 0.4) is 0 Å². The standard InChI is InChI=1S/C32H22N3O.C19H26GeN.Ir/c1-20-18-23(19-29-30(20)25-13-7-9-15-28(25)36-29)32-34-31-21(2)33-17-16-27(31)35(32)26-14-8-6-12-24(26)22-10-4-3-5-11-22;1-19(2,3)13-16-12-18(15-10-8-7-9-11-15)21-14-17(16)20(4,5)6;/h3-18H,1-2H3;7-10,12,14H,13H2,1-6H3;/q2*-1;. The van der Waals surface area contributed by atoms with Gasteiger partial charge in [-0.05, 0) is 36.1 Å². The molecule has 4 heterocycles. The van der Waals surface area contributed by atoms with Gasteiger partial charge in [-0.25, -0.2) is 0 Å². The van der Waals surface area contributed by atoms with Gasteiger partial charge >= 0.3 is 132 Å². The predicted octanol–water partition coefficient (Wildman–Crippen LogP) is 12.8. The van der Waals surface area contributed by atoms with Crippen molar-refractivity contribution in [3.05, 3.63) is 163 Å². The fourth-order valence-corrected chi connectivity index (χ4v) is 11.1. The second-order valence-electron chi connectivity index (χ2n) is 17.1. The largest absolute Gasteiger partial charge is 0.477 e. The quantitative estimate of drug-likeness (QED) is 0.123. The summed E-state index contributed by atoms with van der Waals surface area (Å²) in [5.74, 6) is 8.14. The number of benzene rings is 5. The average Bonchev–Trinajstić information content (AvgIpc) is 3.78. The van der Waals surface area contributed by atoms with Crippen LogP contribution in [0.25, 0.3) is 72.4 Å². The molecule has 0 bridgehead atoms. The molecule has 4 aromatic heterocycles. The van der Waals surface area contributed by atoms with Crippen molar-refractivity contribution < 1.29 is 24.5 Å². The number of imidazole rings is 1. The Morgan fingerprint density at radius 1 is 0.776 bits per heavy atom. The minimum Gasteiger partial charge on any atom is -0.477 e. The molecule has 0 aliphatic heterocycles. The van der Waals surface area contributed by atoms with E-state index in [1.54, 1.807) is 0 Å². The summed E-state index contributed by atoms with van der Waals surface area (Å²) in [5, 5.41) is 2.20. The van der Waals surface area contributed by atoms with Gasteiger partial charge in [-0.3, -0.25) is 9.97 Å². The number of rotatable bonds is 6. The van der Waals surface area contributed by atoms with Crippen molar-refractivity contribution in [3.63, 3.8) is 0 Å². The Morgan fingerprint density at radius 3 is 2.24 bits per heavy atom. The molecule has 58 heavy (non-hydrogen) atoms. The van der Waals surface area contributed by atoms with Crippen molar-refractivity contribution in [3.8, 4) is 39.5 Å². The van der Waals surface area contributed by atoms with E-state index < -0.39 is 13.3 Å². The van der Waals surface area contributed by atoms with Crippen molar-refractivity contribution in [1.29, 1.82) is 0 Å². The summed E-state index contributed by atoms with van der Waals surface area (Å²) in [7, 11) is 0. The van der Waals surface area contributed by atoms with E-state index in [2.05, 4.69) is 146 Å². The number of aryl methyl sites for hydroxylation is 2. The molecule has 0 atom stereocenters. The number of hydrogen-bond acceptors (Lipinski definition) is 4. The predicted molar refractivity (Wildman–Crippen MR) is 240 cm³/mol. The summed E-state index contributed by atoms with van der Waals surface area (Å²) in [5.41, 5.74) is 13.7. The van der Waals surface area contributed by atoms with E-state index in [-0.39, 0.29) is 20.1 Å². The summed E-state index contributed by atoms with van der Waals surface area (Å²) in [6.07, 6.45) is 5.09. The molecule has 7 heteroatoms. The normalized spacial score (nSPS) is 11.7. The molecule has 5 aromatic carbocycles. The Bertz CT molecular complexity index is 2870. The third-order valence-electron chi connectivity index (χ3n) is 10.3. The van der Waals surface area contributed by atoms with Gasteiger partial charge in [-0.2, -0.15) is 0 Å². The van der Waals surface area contributed by atoms with Gasteiger partial charge in [0.15, 0.2) is 0 Å². The van der Waals surface area contributed by atoms with Crippen molar-refractivity contribution in [2.75, 3.05) is 0 Å². The maximum Gasteiger partial charge on any atom is 0.123 e. The fraction of sp³-hybridized carbons (Fsp3) is 0.196. The van der Waals surface area contributed by atoms with Gasteiger partial charge in [-0.15, -0.1) is 17.2 Å². The molecule has 0 spiro atoms. The Labute approximate surface area is 358 Å². The van der Waals surface area contributed by atoms with Crippen LogP contribution in [0.1, 0.15) is 37.6 Å². The summed E-state index contributed by atoms with van der Waals surface area (Å²) in [4.78, 5) is 14.4. The first kappa shape index (κ1) is 41.0. The number of nitrogens with zero attached hydrogens (tertiary/aromatic N) is 4. The summed E-state index contributed by atoms with van der Waals surface area (Å²) in [6.45, 7) is 11.0. The van der Waals surface area contributed by atoms with Crippen LogP contribution < -0.4 is 4.40 Å². The van der Waals surface area contributed by atoms with Crippen LogP contribution in [0, 0.1) is 31.4 Å². The van der Waals surface area contributed by atoms with Gasteiger partial charge in [0.1, 0.15) is 5.58 Å². The molecule has 0 N–H and O–H groups in total. The number of pyridine rings is 2. The van der Waals surface area contributed by atoms with Crippen LogP contribution in [0.2, 0.25) is 17.3 Å². The van der Waals surface area contributed by atoms with Crippen molar-refractivity contribution >= 4 is 50.6 Å². The Kier molecular flexibility index (Phi) is 11.8. The molecular weight excluding hydrogens is 949 g/mol. The second-order valence-corrected chi connectivity index (χ2v) is 27.6. The minimum absolute atomic E-state index is 0. The molecule has 0 aliphatic rings. The summed E-state index contributed by atoms with van der Waals surface area (Å²) >= 11 is -1.90.